The van der Waals surface area contributed by atoms with Crippen LogP contribution in [0.2, 0.25) is 0 Å². The van der Waals surface area contributed by atoms with Crippen molar-refractivity contribution >= 4 is 17.3 Å². The van der Waals surface area contributed by atoms with E-state index in [0.29, 0.717) is 22.1 Å². The van der Waals surface area contributed by atoms with Gasteiger partial charge in [-0.15, -0.1) is 4.80 Å². The van der Waals surface area contributed by atoms with Gasteiger partial charge in [-0.05, 0) is 29.8 Å². The lowest BCUT2D eigenvalue weighted by atomic mass is 9.97. The average Bonchev–Trinajstić information content (AvgIpc) is 3.37. The van der Waals surface area contributed by atoms with Crippen molar-refractivity contribution in [1.29, 1.82) is 0 Å². The molecule has 0 unspecified atom stereocenters. The number of halogens is 6. The Morgan fingerprint density at radius 1 is 0.892 bits per heavy atom. The van der Waals surface area contributed by atoms with E-state index in [4.69, 9.17) is 0 Å². The van der Waals surface area contributed by atoms with Gasteiger partial charge in [-0.3, -0.25) is 4.79 Å². The van der Waals surface area contributed by atoms with Crippen LogP contribution in [0.3, 0.4) is 0 Å². The third-order valence-corrected chi connectivity index (χ3v) is 5.30. The van der Waals surface area contributed by atoms with Crippen LogP contribution in [0, 0.1) is 0 Å². The van der Waals surface area contributed by atoms with Crippen molar-refractivity contribution in [3.05, 3.63) is 83.8 Å². The Kier molecular flexibility index (Phi) is 6.63. The van der Waals surface area contributed by atoms with E-state index in [1.54, 1.807) is 43.3 Å². The molecule has 4 rings (SSSR count). The Morgan fingerprint density at radius 2 is 1.54 bits per heavy atom. The highest BCUT2D eigenvalue weighted by atomic mass is 19.4. The number of benzene rings is 2. The highest BCUT2D eigenvalue weighted by Crippen LogP contribution is 2.38. The summed E-state index contributed by atoms with van der Waals surface area (Å²) in [6.07, 6.45) is -6.65. The van der Waals surface area contributed by atoms with Gasteiger partial charge in [-0.25, -0.2) is 4.98 Å². The molecular formula is C24H18F6N6O. The second-order valence-electron chi connectivity index (χ2n) is 8.04. The third-order valence-electron chi connectivity index (χ3n) is 5.30. The molecule has 7 nitrogen and oxygen atoms in total. The summed E-state index contributed by atoms with van der Waals surface area (Å²) in [5.41, 5.74) is -2.36. The first-order chi connectivity index (χ1) is 17.4. The van der Waals surface area contributed by atoms with E-state index >= 15 is 0 Å². The van der Waals surface area contributed by atoms with Crippen LogP contribution in [0.5, 0.6) is 0 Å². The zero-order valence-corrected chi connectivity index (χ0v) is 19.3. The minimum absolute atomic E-state index is 0.213. The van der Waals surface area contributed by atoms with Gasteiger partial charge in [0.25, 0.3) is 5.91 Å². The molecule has 37 heavy (non-hydrogen) atoms. The Balaban J connectivity index is 1.73. The summed E-state index contributed by atoms with van der Waals surface area (Å²) >= 11 is 0. The topological polar surface area (TPSA) is 75.9 Å². The fourth-order valence-corrected chi connectivity index (χ4v) is 3.67. The zero-order valence-electron chi connectivity index (χ0n) is 19.3. The summed E-state index contributed by atoms with van der Waals surface area (Å²) in [5, 5.41) is 9.32. The van der Waals surface area contributed by atoms with E-state index in [1.807, 2.05) is 0 Å². The van der Waals surface area contributed by atoms with Crippen molar-refractivity contribution in [3.8, 4) is 16.9 Å². The molecule has 2 heterocycles. The van der Waals surface area contributed by atoms with Gasteiger partial charge in [0.15, 0.2) is 5.82 Å². The highest BCUT2D eigenvalue weighted by Gasteiger charge is 2.37. The maximum atomic E-state index is 14.0. The van der Waals surface area contributed by atoms with Crippen LogP contribution in [0.15, 0.2) is 67.1 Å². The molecule has 0 aliphatic carbocycles. The molecule has 0 bridgehead atoms. The Morgan fingerprint density at radius 3 is 2.16 bits per heavy atom. The van der Waals surface area contributed by atoms with Crippen molar-refractivity contribution in [3.63, 3.8) is 0 Å². The first kappa shape index (κ1) is 25.7. The molecule has 4 aromatic rings. The average molecular weight is 520 g/mol. The summed E-state index contributed by atoms with van der Waals surface area (Å²) in [6.45, 7) is 0. The molecule has 0 spiro atoms. The van der Waals surface area contributed by atoms with Crippen LogP contribution < -0.4 is 10.2 Å². The van der Waals surface area contributed by atoms with Crippen LogP contribution in [-0.4, -0.2) is 40.0 Å². The third kappa shape index (κ3) is 5.39. The van der Waals surface area contributed by atoms with Crippen molar-refractivity contribution in [1.82, 2.24) is 20.0 Å². The molecule has 2 aromatic carbocycles. The Bertz CT molecular complexity index is 1430. The summed E-state index contributed by atoms with van der Waals surface area (Å²) in [5.74, 6) is -1.91. The summed E-state index contributed by atoms with van der Waals surface area (Å²) < 4.78 is 82.8. The number of carbonyl (C=O) groups is 1. The molecule has 13 heteroatoms. The minimum atomic E-state index is -4.92. The molecule has 1 amide bonds. The van der Waals surface area contributed by atoms with E-state index < -0.39 is 46.5 Å². The number of para-hydroxylation sites is 1. The summed E-state index contributed by atoms with van der Waals surface area (Å²) in [6, 6.07) is 10.5. The van der Waals surface area contributed by atoms with Crippen molar-refractivity contribution < 1.29 is 31.1 Å². The monoisotopic (exact) mass is 520 g/mol. The van der Waals surface area contributed by atoms with Crippen LogP contribution in [0.25, 0.3) is 16.9 Å². The van der Waals surface area contributed by atoms with Crippen LogP contribution in [-0.2, 0) is 12.4 Å². The molecule has 0 saturated heterocycles. The number of pyridine rings is 1. The number of amides is 1. The number of aromatic nitrogens is 4. The van der Waals surface area contributed by atoms with Crippen molar-refractivity contribution in [2.24, 2.45) is 0 Å². The van der Waals surface area contributed by atoms with Gasteiger partial charge in [-0.1, -0.05) is 24.3 Å². The lowest BCUT2D eigenvalue weighted by Crippen LogP contribution is -2.20. The van der Waals surface area contributed by atoms with E-state index in [2.05, 4.69) is 20.5 Å². The normalized spacial score (nSPS) is 11.9. The Hall–Kier alpha value is -4.42. The van der Waals surface area contributed by atoms with Gasteiger partial charge in [0.2, 0.25) is 0 Å². The second kappa shape index (κ2) is 9.56. The minimum Gasteiger partial charge on any atom is -0.377 e. The number of alkyl halides is 6. The largest absolute Gasteiger partial charge is 0.420 e. The standard InChI is InChI=1S/C24H18F6N6O/c1-35(2)20-6-4-3-5-16(20)14-7-8-17(18(11-14)23(25,26)27)22(37)34-15-12-19(24(28,29)30)21(31-13-15)36-32-9-10-33-36/h3-13H,1-2H3,(H,34,37). The first-order valence-corrected chi connectivity index (χ1v) is 10.6. The lowest BCUT2D eigenvalue weighted by molar-refractivity contribution is -0.138. The number of rotatable bonds is 5. The first-order valence-electron chi connectivity index (χ1n) is 10.6. The summed E-state index contributed by atoms with van der Waals surface area (Å²) in [4.78, 5) is 18.9. The predicted octanol–water partition coefficient (Wildman–Crippen LogP) is 5.69. The molecule has 192 valence electrons. The van der Waals surface area contributed by atoms with Crippen molar-refractivity contribution in [2.45, 2.75) is 12.4 Å². The van der Waals surface area contributed by atoms with Gasteiger partial charge in [-0.2, -0.15) is 36.5 Å². The number of hydrogen-bond donors (Lipinski definition) is 1. The molecule has 1 N–H and O–H groups in total. The lowest BCUT2D eigenvalue weighted by Gasteiger charge is -2.19. The van der Waals surface area contributed by atoms with E-state index in [9.17, 15) is 31.1 Å². The number of anilines is 2. The molecular weight excluding hydrogens is 502 g/mol. The maximum absolute atomic E-state index is 14.0. The number of carbonyl (C=O) groups excluding carboxylic acids is 1. The fourth-order valence-electron chi connectivity index (χ4n) is 3.67. The predicted molar refractivity (Wildman–Crippen MR) is 123 cm³/mol. The van der Waals surface area contributed by atoms with Crippen LogP contribution in [0.4, 0.5) is 37.7 Å². The molecule has 2 aromatic heterocycles. The van der Waals surface area contributed by atoms with Crippen LogP contribution in [0.1, 0.15) is 21.5 Å². The van der Waals surface area contributed by atoms with Gasteiger partial charge in [0.05, 0.1) is 35.4 Å². The van der Waals surface area contributed by atoms with E-state index in [1.165, 1.54) is 6.07 Å². The van der Waals surface area contributed by atoms with Gasteiger partial charge in [0.1, 0.15) is 5.56 Å². The van der Waals surface area contributed by atoms with Crippen LogP contribution >= 0.6 is 0 Å². The van der Waals surface area contributed by atoms with E-state index in [0.717, 1.165) is 30.7 Å². The maximum Gasteiger partial charge on any atom is 0.420 e. The van der Waals surface area contributed by atoms with Crippen molar-refractivity contribution in [2.75, 3.05) is 24.3 Å². The smallest absolute Gasteiger partial charge is 0.377 e. The van der Waals surface area contributed by atoms with Gasteiger partial charge in [0, 0.05) is 25.3 Å². The molecule has 0 aliphatic heterocycles. The quantitative estimate of drug-likeness (QED) is 0.343. The second-order valence-corrected chi connectivity index (χ2v) is 8.04. The number of nitrogens with zero attached hydrogens (tertiary/aromatic N) is 5. The molecule has 0 radical (unpaired) electrons. The van der Waals surface area contributed by atoms with Gasteiger partial charge < -0.3 is 10.2 Å². The molecule has 0 fully saturated rings. The molecule has 0 saturated carbocycles. The van der Waals surface area contributed by atoms with E-state index in [-0.39, 0.29) is 5.56 Å². The molecule has 0 aliphatic rings. The molecule has 0 atom stereocenters. The number of nitrogens with one attached hydrogen (secondary N) is 1. The number of hydrogen-bond acceptors (Lipinski definition) is 5. The SMILES string of the molecule is CN(C)c1ccccc1-c1ccc(C(=O)Nc2cnc(-n3nccn3)c(C(F)(F)F)c2)c(C(F)(F)F)c1. The fraction of sp³-hybridized carbons (Fsp3) is 0.167. The zero-order chi connectivity index (χ0) is 27.0. The summed E-state index contributed by atoms with van der Waals surface area (Å²) in [7, 11) is 3.48. The highest BCUT2D eigenvalue weighted by molar-refractivity contribution is 6.06. The van der Waals surface area contributed by atoms with Gasteiger partial charge >= 0.3 is 12.4 Å². The Labute approximate surface area is 206 Å².